The van der Waals surface area contributed by atoms with E-state index in [0.717, 1.165) is 12.8 Å². The highest BCUT2D eigenvalue weighted by Crippen LogP contribution is 2.22. The van der Waals surface area contributed by atoms with Gasteiger partial charge in [-0.05, 0) is 24.0 Å². The van der Waals surface area contributed by atoms with E-state index < -0.39 is 0 Å². The van der Waals surface area contributed by atoms with Crippen LogP contribution in [-0.4, -0.2) is 0 Å². The van der Waals surface area contributed by atoms with Gasteiger partial charge in [0.15, 0.2) is 0 Å². The van der Waals surface area contributed by atoms with E-state index in [9.17, 15) is 0 Å². The predicted octanol–water partition coefficient (Wildman–Crippen LogP) is 5.78. The monoisotopic (exact) mass is 275 g/mol. The lowest BCUT2D eigenvalue weighted by molar-refractivity contribution is 0.535. The zero-order valence-corrected chi connectivity index (χ0v) is 13.5. The van der Waals surface area contributed by atoms with E-state index in [1.165, 1.54) is 62.5 Å². The van der Waals surface area contributed by atoms with Crippen LogP contribution in [0.25, 0.3) is 0 Å². The Morgan fingerprint density at radius 1 is 0.850 bits per heavy atom. The van der Waals surface area contributed by atoms with Gasteiger partial charge in [-0.1, -0.05) is 89.5 Å². The average Bonchev–Trinajstić information content (AvgIpc) is 2.49. The summed E-state index contributed by atoms with van der Waals surface area (Å²) in [5.74, 6) is 0. The van der Waals surface area contributed by atoms with Gasteiger partial charge in [0.2, 0.25) is 0 Å². The Morgan fingerprint density at radius 3 is 2.10 bits per heavy atom. The molecular weight excluding hydrogens is 242 g/mol. The second-order valence-electron chi connectivity index (χ2n) is 5.92. The summed E-state index contributed by atoms with van der Waals surface area (Å²) in [5, 5.41) is 0. The normalized spacial score (nSPS) is 12.6. The molecule has 0 bridgehead atoms. The van der Waals surface area contributed by atoms with E-state index in [1.54, 1.807) is 0 Å². The van der Waals surface area contributed by atoms with Gasteiger partial charge in [0, 0.05) is 6.04 Å². The van der Waals surface area contributed by atoms with E-state index in [1.807, 2.05) is 0 Å². The Morgan fingerprint density at radius 2 is 1.45 bits per heavy atom. The second-order valence-corrected chi connectivity index (χ2v) is 5.92. The molecule has 114 valence electrons. The molecule has 1 heteroatoms. The van der Waals surface area contributed by atoms with Crippen molar-refractivity contribution < 1.29 is 0 Å². The zero-order valence-electron chi connectivity index (χ0n) is 13.5. The summed E-state index contributed by atoms with van der Waals surface area (Å²) in [7, 11) is 0. The summed E-state index contributed by atoms with van der Waals surface area (Å²) >= 11 is 0. The van der Waals surface area contributed by atoms with Crippen molar-refractivity contribution in [2.45, 2.75) is 84.1 Å². The minimum absolute atomic E-state index is 0.228. The van der Waals surface area contributed by atoms with E-state index in [-0.39, 0.29) is 6.04 Å². The molecule has 1 nitrogen and oxygen atoms in total. The first-order chi connectivity index (χ1) is 9.79. The Bertz CT molecular complexity index is 345. The number of hydrogen-bond donors (Lipinski definition) is 1. The van der Waals surface area contributed by atoms with E-state index >= 15 is 0 Å². The van der Waals surface area contributed by atoms with E-state index in [2.05, 4.69) is 38.1 Å². The first kappa shape index (κ1) is 17.2. The summed E-state index contributed by atoms with van der Waals surface area (Å²) in [5.41, 5.74) is 9.13. The van der Waals surface area contributed by atoms with Gasteiger partial charge in [0.25, 0.3) is 0 Å². The number of rotatable bonds is 11. The molecule has 1 unspecified atom stereocenters. The lowest BCUT2D eigenvalue weighted by Crippen LogP contribution is -2.12. The molecule has 20 heavy (non-hydrogen) atoms. The van der Waals surface area contributed by atoms with Crippen molar-refractivity contribution in [1.82, 2.24) is 0 Å². The summed E-state index contributed by atoms with van der Waals surface area (Å²) in [4.78, 5) is 0. The molecule has 0 saturated heterocycles. The smallest absolute Gasteiger partial charge is 0.0297 e. The van der Waals surface area contributed by atoms with Crippen molar-refractivity contribution in [1.29, 1.82) is 0 Å². The molecule has 0 amide bonds. The first-order valence-corrected chi connectivity index (χ1v) is 8.63. The molecule has 1 rings (SSSR count). The third kappa shape index (κ3) is 6.56. The number of unbranched alkanes of at least 4 members (excludes halogenated alkanes) is 7. The molecule has 0 aliphatic carbocycles. The van der Waals surface area contributed by atoms with Crippen LogP contribution in [0.2, 0.25) is 0 Å². The topological polar surface area (TPSA) is 26.0 Å². The maximum absolute atomic E-state index is 6.35. The second kappa shape index (κ2) is 10.9. The molecule has 1 aromatic rings. The van der Waals surface area contributed by atoms with Crippen LogP contribution in [-0.2, 0) is 6.42 Å². The van der Waals surface area contributed by atoms with Crippen LogP contribution in [0.3, 0.4) is 0 Å². The van der Waals surface area contributed by atoms with Gasteiger partial charge >= 0.3 is 0 Å². The van der Waals surface area contributed by atoms with Gasteiger partial charge in [-0.15, -0.1) is 0 Å². The fraction of sp³-hybridized carbons (Fsp3) is 0.684. The molecule has 0 aromatic heterocycles. The molecule has 0 spiro atoms. The summed E-state index contributed by atoms with van der Waals surface area (Å²) < 4.78 is 0. The minimum Gasteiger partial charge on any atom is -0.324 e. The van der Waals surface area contributed by atoms with Crippen LogP contribution in [0.1, 0.15) is 88.8 Å². The summed E-state index contributed by atoms with van der Waals surface area (Å²) in [6.07, 6.45) is 13.2. The Labute approximate surface area is 126 Å². The van der Waals surface area contributed by atoms with Gasteiger partial charge in [-0.25, -0.2) is 0 Å². The fourth-order valence-electron chi connectivity index (χ4n) is 2.87. The molecule has 0 heterocycles. The van der Waals surface area contributed by atoms with Crippen LogP contribution in [0, 0.1) is 0 Å². The molecule has 1 atom stereocenters. The summed E-state index contributed by atoms with van der Waals surface area (Å²) in [6.45, 7) is 4.48. The van der Waals surface area contributed by atoms with Crippen molar-refractivity contribution in [2.24, 2.45) is 5.73 Å². The van der Waals surface area contributed by atoms with Crippen LogP contribution in [0.5, 0.6) is 0 Å². The van der Waals surface area contributed by atoms with Crippen molar-refractivity contribution in [3.05, 3.63) is 35.4 Å². The van der Waals surface area contributed by atoms with E-state index in [4.69, 9.17) is 5.73 Å². The molecule has 1 aromatic carbocycles. The lowest BCUT2D eigenvalue weighted by atomic mass is 9.95. The Balaban J connectivity index is 2.15. The zero-order chi connectivity index (χ0) is 14.6. The van der Waals surface area contributed by atoms with Crippen molar-refractivity contribution >= 4 is 0 Å². The maximum Gasteiger partial charge on any atom is 0.0297 e. The largest absolute Gasteiger partial charge is 0.324 e. The highest BCUT2D eigenvalue weighted by molar-refractivity contribution is 5.29. The van der Waals surface area contributed by atoms with Crippen molar-refractivity contribution in [3.8, 4) is 0 Å². The molecular formula is C19H33N. The van der Waals surface area contributed by atoms with Gasteiger partial charge < -0.3 is 5.73 Å². The maximum atomic E-state index is 6.35. The molecule has 2 N–H and O–H groups in total. The van der Waals surface area contributed by atoms with Crippen molar-refractivity contribution in [3.63, 3.8) is 0 Å². The van der Waals surface area contributed by atoms with Gasteiger partial charge in [-0.3, -0.25) is 0 Å². The van der Waals surface area contributed by atoms with Gasteiger partial charge in [0.05, 0.1) is 0 Å². The molecule has 0 aliphatic heterocycles. The van der Waals surface area contributed by atoms with Gasteiger partial charge in [-0.2, -0.15) is 0 Å². The van der Waals surface area contributed by atoms with Crippen LogP contribution in [0.15, 0.2) is 24.3 Å². The quantitative estimate of drug-likeness (QED) is 0.509. The Kier molecular flexibility index (Phi) is 9.40. The number of benzene rings is 1. The molecule has 0 radical (unpaired) electrons. The number of hydrogen-bond acceptors (Lipinski definition) is 1. The van der Waals surface area contributed by atoms with Crippen LogP contribution >= 0.6 is 0 Å². The standard InChI is InChI=1S/C19H33N/c1-3-5-6-7-8-9-10-11-16-19(20)18-15-13-12-14-17(18)4-2/h12-15,19H,3-11,16,20H2,1-2H3. The lowest BCUT2D eigenvalue weighted by Gasteiger charge is -2.15. The number of aryl methyl sites for hydroxylation is 1. The minimum atomic E-state index is 0.228. The number of nitrogens with two attached hydrogens (primary N) is 1. The first-order valence-electron chi connectivity index (χ1n) is 8.63. The van der Waals surface area contributed by atoms with E-state index in [0.29, 0.717) is 0 Å². The Hall–Kier alpha value is -0.820. The fourth-order valence-corrected chi connectivity index (χ4v) is 2.87. The third-order valence-electron chi connectivity index (χ3n) is 4.20. The van der Waals surface area contributed by atoms with Crippen molar-refractivity contribution in [2.75, 3.05) is 0 Å². The highest BCUT2D eigenvalue weighted by atomic mass is 14.6. The molecule has 0 fully saturated rings. The SMILES string of the molecule is CCCCCCCCCCC(N)c1ccccc1CC. The average molecular weight is 275 g/mol. The molecule has 0 aliphatic rings. The van der Waals surface area contributed by atoms with Crippen LogP contribution < -0.4 is 5.73 Å². The summed E-state index contributed by atoms with van der Waals surface area (Å²) in [6, 6.07) is 8.87. The highest BCUT2D eigenvalue weighted by Gasteiger charge is 2.08. The van der Waals surface area contributed by atoms with Crippen LogP contribution in [0.4, 0.5) is 0 Å². The molecule has 0 saturated carbocycles. The van der Waals surface area contributed by atoms with Gasteiger partial charge in [0.1, 0.15) is 0 Å². The third-order valence-corrected chi connectivity index (χ3v) is 4.20. The predicted molar refractivity (Wildman–Crippen MR) is 90.0 cm³/mol.